The third kappa shape index (κ3) is 6.11. The molecule has 0 fully saturated rings. The van der Waals surface area contributed by atoms with Crippen LogP contribution in [0.1, 0.15) is 5.56 Å². The van der Waals surface area contributed by atoms with Crippen LogP contribution in [-0.2, 0) is 4.53 Å². The maximum atomic E-state index is 6.08. The number of ether oxygens (including phenoxy) is 2. The summed E-state index contributed by atoms with van der Waals surface area (Å²) in [5.41, 5.74) is 0.842. The van der Waals surface area contributed by atoms with Gasteiger partial charge in [-0.15, -0.1) is 5.16 Å². The van der Waals surface area contributed by atoms with E-state index in [-0.39, 0.29) is 0 Å². The van der Waals surface area contributed by atoms with Crippen LogP contribution in [0.5, 0.6) is 17.2 Å². The summed E-state index contributed by atoms with van der Waals surface area (Å²) in [6.45, 7) is 12.6. The molecule has 0 unspecified atom stereocenters. The molecule has 22 heavy (non-hydrogen) atoms. The second kappa shape index (κ2) is 7.19. The molecule has 0 N–H and O–H groups in total. The minimum Gasteiger partial charge on any atom is -0.539 e. The van der Waals surface area contributed by atoms with Gasteiger partial charge in [0.05, 0.1) is 20.4 Å². The molecule has 1 aromatic rings. The SMILES string of the molecule is COc1cc(/C=N/O[Si](C)(C)C)cc(OC)c1O[Si](C)(C)C. The van der Waals surface area contributed by atoms with Crippen molar-refractivity contribution < 1.29 is 18.4 Å². The van der Waals surface area contributed by atoms with E-state index in [4.69, 9.17) is 18.4 Å². The number of nitrogens with zero attached hydrogens (tertiary/aromatic N) is 1. The van der Waals surface area contributed by atoms with Crippen LogP contribution in [-0.4, -0.2) is 37.1 Å². The summed E-state index contributed by atoms with van der Waals surface area (Å²) in [6.07, 6.45) is 1.67. The quantitative estimate of drug-likeness (QED) is 0.425. The molecule has 0 saturated carbocycles. The van der Waals surface area contributed by atoms with Crippen molar-refractivity contribution in [3.8, 4) is 17.2 Å². The first-order valence-corrected chi connectivity index (χ1v) is 14.0. The standard InChI is InChI=1S/C15H27NO4Si2/c1-17-13-9-12(11-16-20-22(6,7)8)10-14(18-2)15(13)19-21(3,4)5/h9-11H,1-8H3/b16-11+. The van der Waals surface area contributed by atoms with Gasteiger partial charge in [0.25, 0.3) is 8.32 Å². The smallest absolute Gasteiger partial charge is 0.278 e. The number of rotatable bonds is 7. The van der Waals surface area contributed by atoms with Gasteiger partial charge >= 0.3 is 0 Å². The summed E-state index contributed by atoms with van der Waals surface area (Å²) in [7, 11) is -0.218. The Labute approximate surface area is 135 Å². The van der Waals surface area contributed by atoms with Crippen LogP contribution in [0.25, 0.3) is 0 Å². The lowest BCUT2D eigenvalue weighted by atomic mass is 10.2. The number of hydrogen-bond donors (Lipinski definition) is 0. The molecular formula is C15H27NO4Si2. The lowest BCUT2D eigenvalue weighted by Gasteiger charge is -2.23. The molecule has 0 saturated heterocycles. The van der Waals surface area contributed by atoms with Gasteiger partial charge in [-0.2, -0.15) is 0 Å². The predicted octanol–water partition coefficient (Wildman–Crippen LogP) is 4.10. The van der Waals surface area contributed by atoms with Gasteiger partial charge in [-0.3, -0.25) is 0 Å². The predicted molar refractivity (Wildman–Crippen MR) is 95.5 cm³/mol. The second-order valence-electron chi connectivity index (χ2n) is 6.91. The molecule has 0 aliphatic heterocycles. The Morgan fingerprint density at radius 1 is 0.864 bits per heavy atom. The molecule has 0 bridgehead atoms. The molecule has 0 aromatic heterocycles. The van der Waals surface area contributed by atoms with Gasteiger partial charge in [-0.25, -0.2) is 0 Å². The molecule has 124 valence electrons. The highest BCUT2D eigenvalue weighted by Gasteiger charge is 2.23. The fraction of sp³-hybridized carbons (Fsp3) is 0.533. The van der Waals surface area contributed by atoms with E-state index in [0.29, 0.717) is 17.2 Å². The summed E-state index contributed by atoms with van der Waals surface area (Å²) >= 11 is 0. The van der Waals surface area contributed by atoms with Crippen molar-refractivity contribution in [3.63, 3.8) is 0 Å². The zero-order chi connectivity index (χ0) is 17.0. The van der Waals surface area contributed by atoms with Crippen molar-refractivity contribution >= 4 is 22.8 Å². The molecule has 7 heteroatoms. The number of hydrogen-bond acceptors (Lipinski definition) is 5. The zero-order valence-electron chi connectivity index (χ0n) is 14.8. The molecule has 0 heterocycles. The van der Waals surface area contributed by atoms with E-state index >= 15 is 0 Å². The Kier molecular flexibility index (Phi) is 6.07. The summed E-state index contributed by atoms with van der Waals surface area (Å²) in [5, 5.41) is 4.06. The average Bonchev–Trinajstić information content (AvgIpc) is 2.36. The third-order valence-electron chi connectivity index (χ3n) is 2.42. The molecule has 0 radical (unpaired) electrons. The van der Waals surface area contributed by atoms with Crippen LogP contribution in [0.15, 0.2) is 17.3 Å². The van der Waals surface area contributed by atoms with Crippen LogP contribution in [0.2, 0.25) is 39.3 Å². The highest BCUT2D eigenvalue weighted by atomic mass is 28.4. The molecule has 5 nitrogen and oxygen atoms in total. The monoisotopic (exact) mass is 341 g/mol. The fourth-order valence-corrected chi connectivity index (χ4v) is 2.81. The number of oxime groups is 1. The van der Waals surface area contributed by atoms with Gasteiger partial charge in [0.2, 0.25) is 8.32 Å². The highest BCUT2D eigenvalue weighted by molar-refractivity contribution is 6.70. The summed E-state index contributed by atoms with van der Waals surface area (Å²) in [5.74, 6) is 1.92. The Bertz CT molecular complexity index is 508. The fourth-order valence-electron chi connectivity index (χ4n) is 1.63. The van der Waals surface area contributed by atoms with E-state index in [9.17, 15) is 0 Å². The first-order valence-electron chi connectivity index (χ1n) is 7.22. The normalized spacial score (nSPS) is 12.4. The Hall–Kier alpha value is -1.48. The molecular weight excluding hydrogens is 314 g/mol. The van der Waals surface area contributed by atoms with Crippen LogP contribution in [0.4, 0.5) is 0 Å². The first-order chi connectivity index (χ1) is 10.1. The minimum atomic E-state index is -1.77. The van der Waals surface area contributed by atoms with Gasteiger partial charge in [0, 0.05) is 5.56 Å². The number of benzene rings is 1. The van der Waals surface area contributed by atoms with Gasteiger partial charge in [0.15, 0.2) is 17.2 Å². The third-order valence-corrected chi connectivity index (χ3v) is 3.89. The number of methoxy groups -OCH3 is 2. The van der Waals surface area contributed by atoms with E-state index in [2.05, 4.69) is 44.4 Å². The average molecular weight is 342 g/mol. The van der Waals surface area contributed by atoms with Crippen molar-refractivity contribution in [2.75, 3.05) is 14.2 Å². The maximum absolute atomic E-state index is 6.08. The van der Waals surface area contributed by atoms with Crippen molar-refractivity contribution in [3.05, 3.63) is 17.7 Å². The van der Waals surface area contributed by atoms with Gasteiger partial charge in [-0.05, 0) is 51.4 Å². The summed E-state index contributed by atoms with van der Waals surface area (Å²) in [4.78, 5) is 0. The maximum Gasteiger partial charge on any atom is 0.278 e. The van der Waals surface area contributed by atoms with E-state index in [0.717, 1.165) is 5.56 Å². The molecule has 1 rings (SSSR count). The van der Waals surface area contributed by atoms with Crippen LogP contribution >= 0.6 is 0 Å². The van der Waals surface area contributed by atoms with Gasteiger partial charge in [0.1, 0.15) is 0 Å². The van der Waals surface area contributed by atoms with Crippen LogP contribution in [0, 0.1) is 0 Å². The molecule has 0 aliphatic carbocycles. The second-order valence-corrected chi connectivity index (χ2v) is 15.7. The molecule has 0 amide bonds. The van der Waals surface area contributed by atoms with E-state index in [1.165, 1.54) is 0 Å². The minimum absolute atomic E-state index is 0.635. The Morgan fingerprint density at radius 2 is 1.36 bits per heavy atom. The Morgan fingerprint density at radius 3 is 1.73 bits per heavy atom. The first kappa shape index (κ1) is 18.6. The molecule has 0 spiro atoms. The van der Waals surface area contributed by atoms with Gasteiger partial charge in [-0.1, -0.05) is 0 Å². The summed E-state index contributed by atoms with van der Waals surface area (Å²) in [6, 6.07) is 3.74. The van der Waals surface area contributed by atoms with Gasteiger partial charge < -0.3 is 18.4 Å². The van der Waals surface area contributed by atoms with Crippen LogP contribution in [0.3, 0.4) is 0 Å². The lowest BCUT2D eigenvalue weighted by Crippen LogP contribution is -2.29. The van der Waals surface area contributed by atoms with Crippen LogP contribution < -0.4 is 13.9 Å². The topological polar surface area (TPSA) is 49.3 Å². The van der Waals surface area contributed by atoms with Crippen molar-refractivity contribution in [2.24, 2.45) is 5.16 Å². The van der Waals surface area contributed by atoms with Crippen molar-refractivity contribution in [2.45, 2.75) is 39.3 Å². The summed E-state index contributed by atoms with van der Waals surface area (Å²) < 4.78 is 22.5. The van der Waals surface area contributed by atoms with E-state index in [1.54, 1.807) is 20.4 Å². The molecule has 1 aromatic carbocycles. The largest absolute Gasteiger partial charge is 0.539 e. The van der Waals surface area contributed by atoms with E-state index in [1.807, 2.05) is 12.1 Å². The Balaban J connectivity index is 3.14. The molecule has 0 aliphatic rings. The van der Waals surface area contributed by atoms with Crippen molar-refractivity contribution in [1.82, 2.24) is 0 Å². The lowest BCUT2D eigenvalue weighted by molar-refractivity contribution is 0.337. The van der Waals surface area contributed by atoms with E-state index < -0.39 is 16.6 Å². The highest BCUT2D eigenvalue weighted by Crippen LogP contribution is 2.39. The molecule has 0 atom stereocenters. The van der Waals surface area contributed by atoms with Crippen molar-refractivity contribution in [1.29, 1.82) is 0 Å². The zero-order valence-corrected chi connectivity index (χ0v) is 16.8.